The average Bonchev–Trinajstić information content (AvgIpc) is 2.52. The van der Waals surface area contributed by atoms with Gasteiger partial charge in [0.2, 0.25) is 5.91 Å². The van der Waals surface area contributed by atoms with Crippen LogP contribution in [0.1, 0.15) is 44.9 Å². The third-order valence-electron chi connectivity index (χ3n) is 3.22. The SMILES string of the molecule is CNC(=O)CCNCC1CCCCCC1. The van der Waals surface area contributed by atoms with Gasteiger partial charge in [-0.05, 0) is 25.3 Å². The van der Waals surface area contributed by atoms with Gasteiger partial charge in [-0.15, -0.1) is 0 Å². The molecule has 0 aromatic heterocycles. The van der Waals surface area contributed by atoms with Crippen molar-refractivity contribution >= 4 is 5.91 Å². The van der Waals surface area contributed by atoms with E-state index in [-0.39, 0.29) is 5.91 Å². The van der Waals surface area contributed by atoms with Crippen LogP contribution in [-0.4, -0.2) is 26.0 Å². The number of amides is 1. The normalized spacial score (nSPS) is 18.5. The molecule has 88 valence electrons. The van der Waals surface area contributed by atoms with Gasteiger partial charge in [-0.2, -0.15) is 0 Å². The Kier molecular flexibility index (Phi) is 6.41. The lowest BCUT2D eigenvalue weighted by molar-refractivity contribution is -0.120. The zero-order valence-electron chi connectivity index (χ0n) is 9.85. The highest BCUT2D eigenvalue weighted by Gasteiger charge is 2.11. The summed E-state index contributed by atoms with van der Waals surface area (Å²) in [7, 11) is 1.69. The first-order chi connectivity index (χ1) is 7.33. The van der Waals surface area contributed by atoms with Gasteiger partial charge in [0, 0.05) is 20.0 Å². The lowest BCUT2D eigenvalue weighted by atomic mass is 10.0. The summed E-state index contributed by atoms with van der Waals surface area (Å²) in [6.45, 7) is 1.91. The molecule has 0 aromatic rings. The van der Waals surface area contributed by atoms with Gasteiger partial charge in [0.15, 0.2) is 0 Å². The van der Waals surface area contributed by atoms with Crippen molar-refractivity contribution in [2.75, 3.05) is 20.1 Å². The second-order valence-electron chi connectivity index (χ2n) is 4.48. The fourth-order valence-electron chi connectivity index (χ4n) is 2.20. The molecule has 1 saturated carbocycles. The quantitative estimate of drug-likeness (QED) is 0.538. The van der Waals surface area contributed by atoms with E-state index < -0.39 is 0 Å². The molecule has 0 spiro atoms. The Bertz CT molecular complexity index is 174. The molecule has 0 saturated heterocycles. The lowest BCUT2D eigenvalue weighted by Crippen LogP contribution is -2.28. The van der Waals surface area contributed by atoms with Crippen LogP contribution in [0.25, 0.3) is 0 Å². The van der Waals surface area contributed by atoms with E-state index in [2.05, 4.69) is 10.6 Å². The van der Waals surface area contributed by atoms with E-state index in [0.717, 1.165) is 19.0 Å². The minimum atomic E-state index is 0.128. The number of hydrogen-bond acceptors (Lipinski definition) is 2. The number of carbonyl (C=O) groups is 1. The fraction of sp³-hybridized carbons (Fsp3) is 0.917. The van der Waals surface area contributed by atoms with Crippen molar-refractivity contribution < 1.29 is 4.79 Å². The van der Waals surface area contributed by atoms with Gasteiger partial charge in [0.1, 0.15) is 0 Å². The molecule has 3 nitrogen and oxygen atoms in total. The Morgan fingerprint density at radius 1 is 1.20 bits per heavy atom. The van der Waals surface area contributed by atoms with E-state index in [1.165, 1.54) is 38.5 Å². The zero-order chi connectivity index (χ0) is 10.9. The predicted molar refractivity (Wildman–Crippen MR) is 62.7 cm³/mol. The summed E-state index contributed by atoms with van der Waals surface area (Å²) in [4.78, 5) is 11.0. The first-order valence-corrected chi connectivity index (χ1v) is 6.24. The second-order valence-corrected chi connectivity index (χ2v) is 4.48. The number of rotatable bonds is 5. The Hall–Kier alpha value is -0.570. The average molecular weight is 212 g/mol. The summed E-state index contributed by atoms with van der Waals surface area (Å²) in [5.74, 6) is 0.973. The van der Waals surface area contributed by atoms with Crippen LogP contribution in [0.5, 0.6) is 0 Å². The highest BCUT2D eigenvalue weighted by molar-refractivity contribution is 5.75. The molecule has 0 aromatic carbocycles. The van der Waals surface area contributed by atoms with Crippen molar-refractivity contribution in [3.05, 3.63) is 0 Å². The lowest BCUT2D eigenvalue weighted by Gasteiger charge is -2.14. The van der Waals surface area contributed by atoms with E-state index in [1.54, 1.807) is 7.05 Å². The Labute approximate surface area is 93.0 Å². The Balaban J connectivity index is 2.00. The molecule has 1 rings (SSSR count). The zero-order valence-corrected chi connectivity index (χ0v) is 9.85. The van der Waals surface area contributed by atoms with Crippen LogP contribution in [0.2, 0.25) is 0 Å². The molecular formula is C12H24N2O. The molecule has 0 atom stereocenters. The van der Waals surface area contributed by atoms with Crippen LogP contribution in [0.15, 0.2) is 0 Å². The summed E-state index contributed by atoms with van der Waals surface area (Å²) in [5.41, 5.74) is 0. The van der Waals surface area contributed by atoms with E-state index in [0.29, 0.717) is 6.42 Å². The van der Waals surface area contributed by atoms with Crippen molar-refractivity contribution in [1.29, 1.82) is 0 Å². The minimum absolute atomic E-state index is 0.128. The molecule has 15 heavy (non-hydrogen) atoms. The molecule has 0 radical (unpaired) electrons. The third kappa shape index (κ3) is 5.78. The Morgan fingerprint density at radius 3 is 2.47 bits per heavy atom. The minimum Gasteiger partial charge on any atom is -0.359 e. The largest absolute Gasteiger partial charge is 0.359 e. The first-order valence-electron chi connectivity index (χ1n) is 6.24. The molecule has 1 fully saturated rings. The maximum Gasteiger partial charge on any atom is 0.221 e. The molecular weight excluding hydrogens is 188 g/mol. The van der Waals surface area contributed by atoms with Crippen molar-refractivity contribution in [2.24, 2.45) is 5.92 Å². The third-order valence-corrected chi connectivity index (χ3v) is 3.22. The van der Waals surface area contributed by atoms with Crippen molar-refractivity contribution in [3.8, 4) is 0 Å². The van der Waals surface area contributed by atoms with Crippen LogP contribution < -0.4 is 10.6 Å². The van der Waals surface area contributed by atoms with Gasteiger partial charge in [-0.25, -0.2) is 0 Å². The van der Waals surface area contributed by atoms with Gasteiger partial charge in [0.05, 0.1) is 0 Å². The predicted octanol–water partition coefficient (Wildman–Crippen LogP) is 1.68. The number of nitrogens with one attached hydrogen (secondary N) is 2. The molecule has 2 N–H and O–H groups in total. The highest BCUT2D eigenvalue weighted by Crippen LogP contribution is 2.21. The van der Waals surface area contributed by atoms with Gasteiger partial charge >= 0.3 is 0 Å². The molecule has 0 bridgehead atoms. The molecule has 1 aliphatic carbocycles. The van der Waals surface area contributed by atoms with Gasteiger partial charge in [-0.3, -0.25) is 4.79 Å². The summed E-state index contributed by atoms with van der Waals surface area (Å²) >= 11 is 0. The molecule has 1 amide bonds. The monoisotopic (exact) mass is 212 g/mol. The maximum absolute atomic E-state index is 11.0. The Morgan fingerprint density at radius 2 is 1.87 bits per heavy atom. The molecule has 3 heteroatoms. The van der Waals surface area contributed by atoms with Gasteiger partial charge < -0.3 is 10.6 Å². The van der Waals surface area contributed by atoms with Crippen molar-refractivity contribution in [3.63, 3.8) is 0 Å². The fourth-order valence-corrected chi connectivity index (χ4v) is 2.20. The summed E-state index contributed by atoms with van der Waals surface area (Å²) in [6.07, 6.45) is 8.94. The van der Waals surface area contributed by atoms with Crippen molar-refractivity contribution in [1.82, 2.24) is 10.6 Å². The summed E-state index contributed by atoms with van der Waals surface area (Å²) in [5, 5.41) is 6.02. The maximum atomic E-state index is 11.0. The second kappa shape index (κ2) is 7.69. The van der Waals surface area contributed by atoms with Crippen LogP contribution >= 0.6 is 0 Å². The van der Waals surface area contributed by atoms with E-state index in [4.69, 9.17) is 0 Å². The van der Waals surface area contributed by atoms with Gasteiger partial charge in [-0.1, -0.05) is 25.7 Å². The molecule has 1 aliphatic rings. The summed E-state index contributed by atoms with van der Waals surface area (Å²) < 4.78 is 0. The molecule has 0 aliphatic heterocycles. The van der Waals surface area contributed by atoms with Crippen LogP contribution in [-0.2, 0) is 4.79 Å². The van der Waals surface area contributed by atoms with Crippen molar-refractivity contribution in [2.45, 2.75) is 44.9 Å². The summed E-state index contributed by atoms with van der Waals surface area (Å²) in [6, 6.07) is 0. The highest BCUT2D eigenvalue weighted by atomic mass is 16.1. The van der Waals surface area contributed by atoms with E-state index >= 15 is 0 Å². The van der Waals surface area contributed by atoms with Crippen LogP contribution in [0.3, 0.4) is 0 Å². The molecule has 0 heterocycles. The van der Waals surface area contributed by atoms with Gasteiger partial charge in [0.25, 0.3) is 0 Å². The smallest absolute Gasteiger partial charge is 0.221 e. The standard InChI is InChI=1S/C12H24N2O/c1-13-12(15)8-9-14-10-11-6-4-2-3-5-7-11/h11,14H,2-10H2,1H3,(H,13,15). The van der Waals surface area contributed by atoms with Crippen LogP contribution in [0, 0.1) is 5.92 Å². The van der Waals surface area contributed by atoms with E-state index in [1.807, 2.05) is 0 Å². The number of hydrogen-bond donors (Lipinski definition) is 2. The number of carbonyl (C=O) groups excluding carboxylic acids is 1. The first kappa shape index (κ1) is 12.5. The van der Waals surface area contributed by atoms with Crippen LogP contribution in [0.4, 0.5) is 0 Å². The van der Waals surface area contributed by atoms with E-state index in [9.17, 15) is 4.79 Å². The molecule has 0 unspecified atom stereocenters. The topological polar surface area (TPSA) is 41.1 Å².